The molecule has 1 unspecified atom stereocenters. The van der Waals surface area contributed by atoms with E-state index in [1.807, 2.05) is 10.8 Å². The van der Waals surface area contributed by atoms with Crippen LogP contribution in [0.3, 0.4) is 0 Å². The van der Waals surface area contributed by atoms with E-state index in [-0.39, 0.29) is 5.25 Å². The fraction of sp³-hybridized carbons (Fsp3) is 0.750. The molecule has 2 heterocycles. The summed E-state index contributed by atoms with van der Waals surface area (Å²) in [5, 5.41) is 3.22. The number of hydrogen-bond acceptors (Lipinski definition) is 4. The summed E-state index contributed by atoms with van der Waals surface area (Å²) < 4.78 is 25.6. The Kier molecular flexibility index (Phi) is 3.15. The maximum absolute atomic E-state index is 11.8. The molecule has 18 heavy (non-hydrogen) atoms. The zero-order chi connectivity index (χ0) is 12.6. The molecular formula is C12H19N3O2S. The molecule has 0 amide bonds. The van der Waals surface area contributed by atoms with Crippen molar-refractivity contribution in [1.82, 2.24) is 14.9 Å². The van der Waals surface area contributed by atoms with E-state index in [9.17, 15) is 8.42 Å². The maximum Gasteiger partial charge on any atom is 0.154 e. The Labute approximate surface area is 108 Å². The first-order valence-corrected chi connectivity index (χ1v) is 8.31. The normalized spacial score (nSPS) is 26.6. The van der Waals surface area contributed by atoms with E-state index in [0.717, 1.165) is 25.1 Å². The van der Waals surface area contributed by atoms with Crippen LogP contribution in [0.1, 0.15) is 31.4 Å². The van der Waals surface area contributed by atoms with Crippen molar-refractivity contribution in [2.45, 2.75) is 50.1 Å². The zero-order valence-electron chi connectivity index (χ0n) is 10.4. The summed E-state index contributed by atoms with van der Waals surface area (Å²) in [5.74, 6) is 0.349. The first-order valence-electron chi connectivity index (χ1n) is 6.59. The molecule has 1 atom stereocenters. The van der Waals surface area contributed by atoms with Crippen LogP contribution in [0.2, 0.25) is 0 Å². The van der Waals surface area contributed by atoms with Crippen molar-refractivity contribution in [2.24, 2.45) is 0 Å². The lowest BCUT2D eigenvalue weighted by Gasteiger charge is -2.13. The molecule has 2 fully saturated rings. The Morgan fingerprint density at radius 1 is 1.39 bits per heavy atom. The Hall–Kier alpha value is -0.880. The molecule has 1 N–H and O–H groups in total. The monoisotopic (exact) mass is 269 g/mol. The number of aromatic nitrogens is 2. The summed E-state index contributed by atoms with van der Waals surface area (Å²) in [6.45, 7) is 1.35. The third-order valence-corrected chi connectivity index (χ3v) is 6.07. The average Bonchev–Trinajstić information content (AvgIpc) is 2.96. The Morgan fingerprint density at radius 2 is 2.22 bits per heavy atom. The van der Waals surface area contributed by atoms with Gasteiger partial charge in [-0.3, -0.25) is 0 Å². The molecule has 1 saturated carbocycles. The molecule has 1 aromatic heterocycles. The van der Waals surface area contributed by atoms with E-state index in [2.05, 4.69) is 10.3 Å². The van der Waals surface area contributed by atoms with Gasteiger partial charge in [0.25, 0.3) is 0 Å². The van der Waals surface area contributed by atoms with Crippen molar-refractivity contribution in [1.29, 1.82) is 0 Å². The summed E-state index contributed by atoms with van der Waals surface area (Å²) in [7, 11) is -2.87. The number of nitrogens with one attached hydrogen (secondary N) is 1. The van der Waals surface area contributed by atoms with Gasteiger partial charge >= 0.3 is 0 Å². The number of hydrogen-bond donors (Lipinski definition) is 1. The SMILES string of the molecule is O=S1(=O)CCCC1Cn1cncc1CNC1CC1. The molecule has 1 aliphatic heterocycles. The van der Waals surface area contributed by atoms with E-state index in [4.69, 9.17) is 0 Å². The second kappa shape index (κ2) is 4.66. The lowest BCUT2D eigenvalue weighted by Crippen LogP contribution is -2.24. The minimum Gasteiger partial charge on any atom is -0.332 e. The number of imidazole rings is 1. The van der Waals surface area contributed by atoms with Gasteiger partial charge in [0.15, 0.2) is 9.84 Å². The highest BCUT2D eigenvalue weighted by molar-refractivity contribution is 7.92. The molecule has 0 bridgehead atoms. The molecule has 1 saturated heterocycles. The van der Waals surface area contributed by atoms with Gasteiger partial charge in [-0.15, -0.1) is 0 Å². The van der Waals surface area contributed by atoms with Gasteiger partial charge in [0, 0.05) is 25.3 Å². The standard InChI is InChI=1S/C12H19N3O2S/c16-18(17)5-1-2-12(18)8-15-9-13-6-11(15)7-14-10-3-4-10/h6,9-10,12,14H,1-5,7-8H2. The topological polar surface area (TPSA) is 64.0 Å². The molecule has 1 aliphatic carbocycles. The van der Waals surface area contributed by atoms with E-state index in [0.29, 0.717) is 18.3 Å². The van der Waals surface area contributed by atoms with E-state index in [1.54, 1.807) is 6.33 Å². The quantitative estimate of drug-likeness (QED) is 0.855. The molecule has 3 rings (SSSR count). The van der Waals surface area contributed by atoms with Gasteiger partial charge in [-0.05, 0) is 25.7 Å². The van der Waals surface area contributed by atoms with Crippen molar-refractivity contribution in [3.8, 4) is 0 Å². The zero-order valence-corrected chi connectivity index (χ0v) is 11.2. The first kappa shape index (κ1) is 12.2. The Balaban J connectivity index is 1.66. The lowest BCUT2D eigenvalue weighted by molar-refractivity contribution is 0.550. The molecule has 100 valence electrons. The first-order chi connectivity index (χ1) is 8.65. The minimum atomic E-state index is -2.87. The van der Waals surface area contributed by atoms with Crippen LogP contribution in [0.25, 0.3) is 0 Å². The summed E-state index contributed by atoms with van der Waals surface area (Å²) in [4.78, 5) is 4.14. The molecule has 0 radical (unpaired) electrons. The summed E-state index contributed by atoms with van der Waals surface area (Å²) >= 11 is 0. The van der Waals surface area contributed by atoms with Crippen LogP contribution >= 0.6 is 0 Å². The van der Waals surface area contributed by atoms with E-state index >= 15 is 0 Å². The highest BCUT2D eigenvalue weighted by Crippen LogP contribution is 2.22. The lowest BCUT2D eigenvalue weighted by atomic mass is 10.2. The fourth-order valence-corrected chi connectivity index (χ4v) is 4.29. The minimum absolute atomic E-state index is 0.216. The molecule has 1 aromatic rings. The predicted molar refractivity (Wildman–Crippen MR) is 68.9 cm³/mol. The summed E-state index contributed by atoms with van der Waals surface area (Å²) in [6.07, 6.45) is 7.68. The molecule has 5 nitrogen and oxygen atoms in total. The van der Waals surface area contributed by atoms with E-state index < -0.39 is 9.84 Å². The van der Waals surface area contributed by atoms with Crippen LogP contribution < -0.4 is 5.32 Å². The smallest absolute Gasteiger partial charge is 0.154 e. The highest BCUT2D eigenvalue weighted by atomic mass is 32.2. The van der Waals surface area contributed by atoms with E-state index in [1.165, 1.54) is 12.8 Å². The van der Waals surface area contributed by atoms with Crippen molar-refractivity contribution in [3.63, 3.8) is 0 Å². The summed E-state index contributed by atoms with van der Waals surface area (Å²) in [5.41, 5.74) is 1.09. The second-order valence-electron chi connectivity index (χ2n) is 5.32. The van der Waals surface area contributed by atoms with Crippen LogP contribution in [0.5, 0.6) is 0 Å². The van der Waals surface area contributed by atoms with Crippen molar-refractivity contribution in [3.05, 3.63) is 18.2 Å². The largest absolute Gasteiger partial charge is 0.332 e. The van der Waals surface area contributed by atoms with Crippen molar-refractivity contribution >= 4 is 9.84 Å². The maximum atomic E-state index is 11.8. The van der Waals surface area contributed by atoms with Crippen LogP contribution in [0.4, 0.5) is 0 Å². The van der Waals surface area contributed by atoms with Gasteiger partial charge in [-0.2, -0.15) is 0 Å². The molecule has 0 spiro atoms. The summed E-state index contributed by atoms with van der Waals surface area (Å²) in [6, 6.07) is 0.656. The average molecular weight is 269 g/mol. The van der Waals surface area contributed by atoms with Crippen molar-refractivity contribution < 1.29 is 8.42 Å². The highest BCUT2D eigenvalue weighted by Gasteiger charge is 2.31. The second-order valence-corrected chi connectivity index (χ2v) is 7.72. The van der Waals surface area contributed by atoms with Crippen LogP contribution in [-0.2, 0) is 22.9 Å². The number of sulfone groups is 1. The Morgan fingerprint density at radius 3 is 2.89 bits per heavy atom. The third-order valence-electron chi connectivity index (χ3n) is 3.81. The molecule has 0 aromatic carbocycles. The number of nitrogens with zero attached hydrogens (tertiary/aromatic N) is 2. The number of rotatable bonds is 5. The fourth-order valence-electron chi connectivity index (χ4n) is 2.48. The van der Waals surface area contributed by atoms with Gasteiger partial charge in [0.05, 0.1) is 23.0 Å². The Bertz CT molecular complexity index is 519. The molecule has 2 aliphatic rings. The van der Waals surface area contributed by atoms with Gasteiger partial charge < -0.3 is 9.88 Å². The molecular weight excluding hydrogens is 250 g/mol. The van der Waals surface area contributed by atoms with Gasteiger partial charge in [-0.25, -0.2) is 13.4 Å². The van der Waals surface area contributed by atoms with Gasteiger partial charge in [0.1, 0.15) is 0 Å². The van der Waals surface area contributed by atoms with Crippen LogP contribution in [0, 0.1) is 0 Å². The van der Waals surface area contributed by atoms with Gasteiger partial charge in [-0.1, -0.05) is 0 Å². The van der Waals surface area contributed by atoms with Gasteiger partial charge in [0.2, 0.25) is 0 Å². The third kappa shape index (κ3) is 2.59. The van der Waals surface area contributed by atoms with Crippen LogP contribution in [-0.4, -0.2) is 35.0 Å². The van der Waals surface area contributed by atoms with Crippen molar-refractivity contribution in [2.75, 3.05) is 5.75 Å². The van der Waals surface area contributed by atoms with Crippen LogP contribution in [0.15, 0.2) is 12.5 Å². The predicted octanol–water partition coefficient (Wildman–Crippen LogP) is 0.712. The molecule has 6 heteroatoms.